The van der Waals surface area contributed by atoms with E-state index in [1.807, 2.05) is 11.4 Å². The number of nitrogens with zero attached hydrogens (tertiary/aromatic N) is 2. The van der Waals surface area contributed by atoms with E-state index in [1.165, 1.54) is 11.3 Å². The van der Waals surface area contributed by atoms with Crippen LogP contribution in [0.3, 0.4) is 0 Å². The van der Waals surface area contributed by atoms with Crippen molar-refractivity contribution < 1.29 is 9.52 Å². The highest BCUT2D eigenvalue weighted by Crippen LogP contribution is 2.31. The third-order valence-corrected chi connectivity index (χ3v) is 3.74. The highest BCUT2D eigenvalue weighted by Gasteiger charge is 2.11. The van der Waals surface area contributed by atoms with Crippen molar-refractivity contribution in [3.8, 4) is 23.1 Å². The van der Waals surface area contributed by atoms with E-state index < -0.39 is 0 Å². The van der Waals surface area contributed by atoms with Gasteiger partial charge in [0.1, 0.15) is 22.6 Å². The average molecular weight is 294 g/mol. The van der Waals surface area contributed by atoms with Gasteiger partial charge >= 0.3 is 0 Å². The van der Waals surface area contributed by atoms with Gasteiger partial charge in [0, 0.05) is 17.0 Å². The number of thiazole rings is 1. The maximum atomic E-state index is 9.85. The minimum Gasteiger partial charge on any atom is -0.507 e. The van der Waals surface area contributed by atoms with Gasteiger partial charge in [0.15, 0.2) is 0 Å². The van der Waals surface area contributed by atoms with Crippen LogP contribution in [0.5, 0.6) is 5.75 Å². The van der Waals surface area contributed by atoms with Crippen LogP contribution in [-0.2, 0) is 0 Å². The number of allylic oxidation sites excluding steroid dienone is 1. The van der Waals surface area contributed by atoms with Gasteiger partial charge in [-0.05, 0) is 24.3 Å². The van der Waals surface area contributed by atoms with Crippen LogP contribution < -0.4 is 0 Å². The molecule has 2 aromatic heterocycles. The number of aromatic hydroxyl groups is 1. The van der Waals surface area contributed by atoms with Gasteiger partial charge in [-0.2, -0.15) is 5.26 Å². The van der Waals surface area contributed by atoms with Gasteiger partial charge in [0.25, 0.3) is 0 Å². The molecule has 0 spiro atoms. The van der Waals surface area contributed by atoms with Gasteiger partial charge in [0.05, 0.1) is 17.5 Å². The van der Waals surface area contributed by atoms with E-state index in [0.717, 1.165) is 0 Å². The number of hydrogen-bond acceptors (Lipinski definition) is 5. The van der Waals surface area contributed by atoms with Crippen molar-refractivity contribution in [2.75, 3.05) is 0 Å². The highest BCUT2D eigenvalue weighted by molar-refractivity contribution is 7.11. The molecule has 0 amide bonds. The first-order chi connectivity index (χ1) is 10.3. The molecule has 1 aromatic carbocycles. The van der Waals surface area contributed by atoms with E-state index in [-0.39, 0.29) is 5.75 Å². The summed E-state index contributed by atoms with van der Waals surface area (Å²) >= 11 is 1.35. The minimum atomic E-state index is 0.169. The lowest BCUT2D eigenvalue weighted by atomic mass is 10.1. The Balaban J connectivity index is 1.98. The predicted octanol–water partition coefficient (Wildman–Crippen LogP) is 4.17. The van der Waals surface area contributed by atoms with Crippen molar-refractivity contribution >= 4 is 23.0 Å². The smallest absolute Gasteiger partial charge is 0.134 e. The number of para-hydroxylation sites is 1. The molecule has 21 heavy (non-hydrogen) atoms. The molecule has 0 saturated carbocycles. The summed E-state index contributed by atoms with van der Waals surface area (Å²) in [4.78, 5) is 4.42. The number of phenolic OH excluding ortho intramolecular Hbond substituents is 1. The van der Waals surface area contributed by atoms with Crippen molar-refractivity contribution in [3.63, 3.8) is 0 Å². The zero-order chi connectivity index (χ0) is 14.7. The van der Waals surface area contributed by atoms with Gasteiger partial charge in [-0.15, -0.1) is 11.3 Å². The molecule has 0 atom stereocenters. The van der Waals surface area contributed by atoms with Crippen LogP contribution in [-0.4, -0.2) is 10.1 Å². The molecule has 0 bridgehead atoms. The second-order valence-corrected chi connectivity index (χ2v) is 5.10. The molecule has 0 aliphatic heterocycles. The fourth-order valence-electron chi connectivity index (χ4n) is 1.87. The second kappa shape index (κ2) is 5.65. The van der Waals surface area contributed by atoms with Crippen LogP contribution in [0, 0.1) is 11.3 Å². The topological polar surface area (TPSA) is 70.0 Å². The van der Waals surface area contributed by atoms with Gasteiger partial charge < -0.3 is 9.52 Å². The fourth-order valence-corrected chi connectivity index (χ4v) is 2.65. The lowest BCUT2D eigenvalue weighted by Gasteiger charge is -1.99. The fraction of sp³-hybridized carbons (Fsp3) is 0. The molecular weight excluding hydrogens is 284 g/mol. The van der Waals surface area contributed by atoms with Crippen LogP contribution in [0.4, 0.5) is 0 Å². The van der Waals surface area contributed by atoms with Gasteiger partial charge in [0.2, 0.25) is 0 Å². The predicted molar refractivity (Wildman–Crippen MR) is 81.4 cm³/mol. The first kappa shape index (κ1) is 13.2. The van der Waals surface area contributed by atoms with Crippen LogP contribution in [0.25, 0.3) is 22.9 Å². The molecule has 5 heteroatoms. The van der Waals surface area contributed by atoms with Crippen LogP contribution >= 0.6 is 11.3 Å². The molecule has 3 rings (SSSR count). The number of nitriles is 1. The molecule has 0 aliphatic rings. The highest BCUT2D eigenvalue weighted by atomic mass is 32.1. The Morgan fingerprint density at radius 3 is 2.86 bits per heavy atom. The normalized spacial score (nSPS) is 11.3. The maximum absolute atomic E-state index is 9.85. The molecule has 4 nitrogen and oxygen atoms in total. The SMILES string of the molecule is N#C/C(=C/c1ccco1)c1nc(-c2ccccc2O)cs1. The number of aromatic nitrogens is 1. The number of phenols is 1. The lowest BCUT2D eigenvalue weighted by Crippen LogP contribution is -1.82. The van der Waals surface area contributed by atoms with Gasteiger partial charge in [-0.25, -0.2) is 4.98 Å². The van der Waals surface area contributed by atoms with Crippen molar-refractivity contribution in [3.05, 3.63) is 58.8 Å². The Labute approximate surface area is 125 Å². The number of benzene rings is 1. The molecule has 0 saturated heterocycles. The summed E-state index contributed by atoms with van der Waals surface area (Å²) in [7, 11) is 0. The lowest BCUT2D eigenvalue weighted by molar-refractivity contribution is 0.477. The van der Waals surface area contributed by atoms with E-state index in [2.05, 4.69) is 11.1 Å². The largest absolute Gasteiger partial charge is 0.507 e. The molecule has 0 aliphatic carbocycles. The van der Waals surface area contributed by atoms with Crippen molar-refractivity contribution in [2.45, 2.75) is 0 Å². The number of furan rings is 1. The molecular formula is C16H10N2O2S. The summed E-state index contributed by atoms with van der Waals surface area (Å²) in [6.45, 7) is 0. The van der Waals surface area contributed by atoms with E-state index in [4.69, 9.17) is 4.42 Å². The quantitative estimate of drug-likeness (QED) is 0.736. The zero-order valence-corrected chi connectivity index (χ0v) is 11.7. The molecule has 1 N–H and O–H groups in total. The standard InChI is InChI=1S/C16H10N2O2S/c17-9-11(8-12-4-3-7-20-12)16-18-14(10-21-16)13-5-1-2-6-15(13)19/h1-8,10,19H/b11-8-. The summed E-state index contributed by atoms with van der Waals surface area (Å²) in [5.74, 6) is 0.772. The van der Waals surface area contributed by atoms with Gasteiger partial charge in [-0.3, -0.25) is 0 Å². The molecule has 0 unspecified atom stereocenters. The zero-order valence-electron chi connectivity index (χ0n) is 10.9. The first-order valence-corrected chi connectivity index (χ1v) is 7.05. The summed E-state index contributed by atoms with van der Waals surface area (Å²) in [6, 6.07) is 12.6. The van der Waals surface area contributed by atoms with Crippen LogP contribution in [0.15, 0.2) is 52.5 Å². The molecule has 102 valence electrons. The van der Waals surface area contributed by atoms with Crippen LogP contribution in [0.1, 0.15) is 10.8 Å². The maximum Gasteiger partial charge on any atom is 0.134 e. The van der Waals surface area contributed by atoms with Crippen LogP contribution in [0.2, 0.25) is 0 Å². The summed E-state index contributed by atoms with van der Waals surface area (Å²) < 4.78 is 5.21. The monoisotopic (exact) mass is 294 g/mol. The van der Waals surface area contributed by atoms with E-state index in [9.17, 15) is 10.4 Å². The Hall–Kier alpha value is -2.84. The Kier molecular flexibility index (Phi) is 3.54. The van der Waals surface area contributed by atoms with E-state index in [1.54, 1.807) is 42.7 Å². The van der Waals surface area contributed by atoms with Gasteiger partial charge in [-0.1, -0.05) is 12.1 Å². The third kappa shape index (κ3) is 2.71. The number of rotatable bonds is 3. The summed E-state index contributed by atoms with van der Waals surface area (Å²) in [6.07, 6.45) is 3.20. The molecule has 0 radical (unpaired) electrons. The minimum absolute atomic E-state index is 0.169. The Morgan fingerprint density at radius 1 is 1.29 bits per heavy atom. The van der Waals surface area contributed by atoms with E-state index in [0.29, 0.717) is 27.6 Å². The second-order valence-electron chi connectivity index (χ2n) is 4.24. The van der Waals surface area contributed by atoms with E-state index >= 15 is 0 Å². The Bertz CT molecular complexity index is 826. The Morgan fingerprint density at radius 2 is 2.14 bits per heavy atom. The molecule has 3 aromatic rings. The van der Waals surface area contributed by atoms with Crippen molar-refractivity contribution in [1.29, 1.82) is 5.26 Å². The summed E-state index contributed by atoms with van der Waals surface area (Å²) in [5.41, 5.74) is 1.72. The number of hydrogen-bond donors (Lipinski definition) is 1. The van der Waals surface area contributed by atoms with Crippen molar-refractivity contribution in [1.82, 2.24) is 4.98 Å². The third-order valence-electron chi connectivity index (χ3n) is 2.86. The molecule has 0 fully saturated rings. The average Bonchev–Trinajstić information content (AvgIpc) is 3.17. The van der Waals surface area contributed by atoms with Crippen molar-refractivity contribution in [2.24, 2.45) is 0 Å². The molecule has 2 heterocycles. The summed E-state index contributed by atoms with van der Waals surface area (Å²) in [5, 5.41) is 21.5. The first-order valence-electron chi connectivity index (χ1n) is 6.17.